The first-order chi connectivity index (χ1) is 19.3. The van der Waals surface area contributed by atoms with E-state index in [0.29, 0.717) is 32.9 Å². The highest BCUT2D eigenvalue weighted by molar-refractivity contribution is 7.80. The summed E-state index contributed by atoms with van der Waals surface area (Å²) in [7, 11) is 1.46. The number of benzene rings is 2. The summed E-state index contributed by atoms with van der Waals surface area (Å²) >= 11 is 12.2. The molecule has 1 aliphatic heterocycles. The Hall–Kier alpha value is -4.25. The van der Waals surface area contributed by atoms with Crippen molar-refractivity contribution in [1.29, 1.82) is 0 Å². The monoisotopic (exact) mass is 576 g/mol. The molecular formula is C29H25ClN4O5S. The van der Waals surface area contributed by atoms with Crippen molar-refractivity contribution in [2.45, 2.75) is 19.0 Å². The highest BCUT2D eigenvalue weighted by Crippen LogP contribution is 2.44. The van der Waals surface area contributed by atoms with E-state index in [2.05, 4.69) is 15.6 Å². The molecule has 0 spiro atoms. The van der Waals surface area contributed by atoms with Gasteiger partial charge in [0.15, 0.2) is 5.11 Å². The molecule has 0 saturated carbocycles. The van der Waals surface area contributed by atoms with E-state index in [1.807, 2.05) is 54.3 Å². The number of hydrogen-bond donors (Lipinski definition) is 3. The van der Waals surface area contributed by atoms with Gasteiger partial charge in [-0.2, -0.15) is 0 Å². The minimum absolute atomic E-state index is 0.0463. The van der Waals surface area contributed by atoms with Gasteiger partial charge in [-0.05, 0) is 85.4 Å². The molecule has 40 heavy (non-hydrogen) atoms. The Labute approximate surface area is 240 Å². The molecule has 1 fully saturated rings. The van der Waals surface area contributed by atoms with Crippen LogP contribution in [0, 0.1) is 6.92 Å². The molecule has 2 atom stereocenters. The quantitative estimate of drug-likeness (QED) is 0.225. The number of thiocarbonyl (C=S) groups is 1. The second-order valence-corrected chi connectivity index (χ2v) is 9.97. The average Bonchev–Trinajstić information content (AvgIpc) is 3.55. The van der Waals surface area contributed by atoms with Gasteiger partial charge in [-0.1, -0.05) is 17.7 Å². The maximum Gasteiger partial charge on any atom is 0.335 e. The number of furan rings is 1. The van der Waals surface area contributed by atoms with Crippen LogP contribution in [-0.4, -0.2) is 40.8 Å². The summed E-state index contributed by atoms with van der Waals surface area (Å²) in [5.74, 6) is -0.315. The van der Waals surface area contributed by atoms with Crippen molar-refractivity contribution < 1.29 is 23.8 Å². The second kappa shape index (κ2) is 11.5. The number of nitrogens with zero attached hydrogens (tertiary/aromatic N) is 2. The van der Waals surface area contributed by atoms with Crippen LogP contribution in [0.4, 0.5) is 11.4 Å². The number of nitrogens with one attached hydrogen (secondary N) is 2. The number of carboxylic acids is 1. The Morgan fingerprint density at radius 1 is 1.18 bits per heavy atom. The Bertz CT molecular complexity index is 1590. The molecule has 5 rings (SSSR count). The normalized spacial score (nSPS) is 16.6. The molecular weight excluding hydrogens is 552 g/mol. The number of carbonyl (C=O) groups is 2. The summed E-state index contributed by atoms with van der Waals surface area (Å²) in [6.07, 6.45) is 1.71. The molecule has 2 aromatic heterocycles. The average molecular weight is 577 g/mol. The summed E-state index contributed by atoms with van der Waals surface area (Å²) in [6, 6.07) is 18.5. The predicted molar refractivity (Wildman–Crippen MR) is 156 cm³/mol. The molecule has 11 heteroatoms. The van der Waals surface area contributed by atoms with Crippen LogP contribution in [0.3, 0.4) is 0 Å². The highest BCUT2D eigenvalue weighted by Gasteiger charge is 2.42. The molecule has 1 amide bonds. The number of aromatic nitrogens is 1. The van der Waals surface area contributed by atoms with Gasteiger partial charge in [0, 0.05) is 30.2 Å². The number of rotatable bonds is 8. The van der Waals surface area contributed by atoms with Gasteiger partial charge in [0.1, 0.15) is 24.2 Å². The Kier molecular flexibility index (Phi) is 7.83. The van der Waals surface area contributed by atoms with Crippen LogP contribution in [0.2, 0.25) is 5.02 Å². The van der Waals surface area contributed by atoms with Crippen molar-refractivity contribution >= 4 is 52.2 Å². The lowest BCUT2D eigenvalue weighted by atomic mass is 10.0. The maximum atomic E-state index is 12.1. The fourth-order valence-electron chi connectivity index (χ4n) is 4.68. The zero-order chi connectivity index (χ0) is 28.4. The lowest BCUT2D eigenvalue weighted by molar-refractivity contribution is -0.119. The third-order valence-electron chi connectivity index (χ3n) is 6.53. The number of carboxylic acid groups (broad SMARTS) is 1. The molecule has 2 aromatic carbocycles. The molecule has 1 aliphatic rings. The third kappa shape index (κ3) is 5.42. The molecule has 0 bridgehead atoms. The first-order valence-electron chi connectivity index (χ1n) is 12.3. The molecule has 0 aliphatic carbocycles. The van der Waals surface area contributed by atoms with Crippen LogP contribution in [0.1, 0.15) is 39.5 Å². The number of carbonyl (C=O) groups excluding carboxylic acids is 1. The molecule has 9 nitrogen and oxygen atoms in total. The number of pyridine rings is 1. The van der Waals surface area contributed by atoms with Crippen LogP contribution < -0.4 is 15.5 Å². The van der Waals surface area contributed by atoms with Gasteiger partial charge in [-0.3, -0.25) is 9.78 Å². The van der Waals surface area contributed by atoms with Gasteiger partial charge in [-0.15, -0.1) is 0 Å². The third-order valence-corrected chi connectivity index (χ3v) is 7.18. The van der Waals surface area contributed by atoms with E-state index in [1.165, 1.54) is 25.3 Å². The van der Waals surface area contributed by atoms with Gasteiger partial charge < -0.3 is 29.8 Å². The largest absolute Gasteiger partial charge is 0.478 e. The van der Waals surface area contributed by atoms with Gasteiger partial charge in [0.2, 0.25) is 5.91 Å². The first-order valence-corrected chi connectivity index (χ1v) is 13.1. The Morgan fingerprint density at radius 2 is 2.00 bits per heavy atom. The summed E-state index contributed by atoms with van der Waals surface area (Å²) in [4.78, 5) is 30.1. The lowest BCUT2D eigenvalue weighted by Crippen LogP contribution is -2.29. The van der Waals surface area contributed by atoms with Crippen LogP contribution in [0.25, 0.3) is 11.3 Å². The van der Waals surface area contributed by atoms with E-state index in [-0.39, 0.29) is 24.1 Å². The molecule has 1 saturated heterocycles. The van der Waals surface area contributed by atoms with E-state index >= 15 is 0 Å². The molecule has 0 radical (unpaired) electrons. The van der Waals surface area contributed by atoms with Crippen molar-refractivity contribution in [2.24, 2.45) is 0 Å². The zero-order valence-corrected chi connectivity index (χ0v) is 23.1. The first kappa shape index (κ1) is 27.3. The van der Waals surface area contributed by atoms with Crippen LogP contribution in [-0.2, 0) is 9.53 Å². The minimum Gasteiger partial charge on any atom is -0.478 e. The van der Waals surface area contributed by atoms with E-state index in [9.17, 15) is 14.7 Å². The number of aromatic carboxylic acids is 1. The Morgan fingerprint density at radius 3 is 2.70 bits per heavy atom. The number of anilines is 2. The van der Waals surface area contributed by atoms with Crippen molar-refractivity contribution in [1.82, 2.24) is 10.3 Å². The summed E-state index contributed by atoms with van der Waals surface area (Å²) in [5.41, 5.74) is 3.61. The second-order valence-electron chi connectivity index (χ2n) is 9.18. The number of aryl methyl sites for hydroxylation is 1. The molecule has 4 aromatic rings. The maximum absolute atomic E-state index is 12.1. The summed E-state index contributed by atoms with van der Waals surface area (Å²) < 4.78 is 11.2. The summed E-state index contributed by atoms with van der Waals surface area (Å²) in [5, 5.41) is 16.5. The number of ether oxygens (including phenoxy) is 1. The lowest BCUT2D eigenvalue weighted by Gasteiger charge is -2.27. The predicted octanol–water partition coefficient (Wildman–Crippen LogP) is 5.76. The minimum atomic E-state index is -1.06. The van der Waals surface area contributed by atoms with Crippen molar-refractivity contribution in [3.05, 3.63) is 101 Å². The van der Waals surface area contributed by atoms with Crippen molar-refractivity contribution in [2.75, 3.05) is 23.9 Å². The van der Waals surface area contributed by atoms with Gasteiger partial charge in [0.05, 0.1) is 22.3 Å². The number of methoxy groups -OCH3 is 1. The topological polar surface area (TPSA) is 117 Å². The standard InChI is InChI=1S/C29H25ClN4O5S/c1-16-13-18(7-9-21(16)32-25(35)15-38-2)34-27(26(33-29(34)40)22-5-3-4-12-31-22)24-11-10-23(39-24)19-14-17(28(36)37)6-8-20(19)30/h3-14,26-27H,15H2,1-2H3,(H,32,35)(H,33,40)(H,36,37)/t26-,27-/m0/s1. The smallest absolute Gasteiger partial charge is 0.335 e. The number of halogens is 1. The zero-order valence-electron chi connectivity index (χ0n) is 21.6. The SMILES string of the molecule is COCC(=O)Nc1ccc(N2C(=S)N[C@@H](c3ccccn3)[C@@H]2c2ccc(-c3cc(C(=O)O)ccc3Cl)o2)cc1C. The summed E-state index contributed by atoms with van der Waals surface area (Å²) in [6.45, 7) is 1.85. The van der Waals surface area contributed by atoms with E-state index < -0.39 is 12.0 Å². The number of amides is 1. The fourth-order valence-corrected chi connectivity index (χ4v) is 5.24. The number of hydrogen-bond acceptors (Lipinski definition) is 6. The molecule has 0 unspecified atom stereocenters. The Balaban J connectivity index is 1.56. The van der Waals surface area contributed by atoms with Gasteiger partial charge >= 0.3 is 5.97 Å². The van der Waals surface area contributed by atoms with E-state index in [4.69, 9.17) is 33.0 Å². The van der Waals surface area contributed by atoms with Crippen LogP contribution in [0.15, 0.2) is 77.3 Å². The van der Waals surface area contributed by atoms with Gasteiger partial charge in [0.25, 0.3) is 0 Å². The van der Waals surface area contributed by atoms with E-state index in [0.717, 1.165) is 16.9 Å². The van der Waals surface area contributed by atoms with Crippen molar-refractivity contribution in [3.63, 3.8) is 0 Å². The molecule has 3 heterocycles. The molecule has 3 N–H and O–H groups in total. The fraction of sp³-hybridized carbons (Fsp3) is 0.172. The van der Waals surface area contributed by atoms with E-state index in [1.54, 1.807) is 12.3 Å². The highest BCUT2D eigenvalue weighted by atomic mass is 35.5. The molecule has 204 valence electrons. The van der Waals surface area contributed by atoms with Crippen LogP contribution in [0.5, 0.6) is 0 Å². The van der Waals surface area contributed by atoms with Crippen molar-refractivity contribution in [3.8, 4) is 11.3 Å². The van der Waals surface area contributed by atoms with Crippen LogP contribution >= 0.6 is 23.8 Å². The van der Waals surface area contributed by atoms with Gasteiger partial charge in [-0.25, -0.2) is 4.79 Å².